The standard InChI is InChI=1S/C14H18O2/c1-2-6-12-9-10-13(14(15)16-12)11-7-4-3-5-8-11/h3-5,7-8,12-13H,2,6,9-10H2,1H3. The van der Waals surface area contributed by atoms with Gasteiger partial charge in [0.25, 0.3) is 0 Å². The number of esters is 1. The molecule has 0 N–H and O–H groups in total. The van der Waals surface area contributed by atoms with Crippen LogP contribution < -0.4 is 0 Å². The summed E-state index contributed by atoms with van der Waals surface area (Å²) < 4.78 is 5.45. The van der Waals surface area contributed by atoms with Crippen LogP contribution in [0.15, 0.2) is 30.3 Å². The zero-order valence-corrected chi connectivity index (χ0v) is 9.69. The minimum Gasteiger partial charge on any atom is -0.462 e. The van der Waals surface area contributed by atoms with Crippen LogP contribution in [0.3, 0.4) is 0 Å². The maximum Gasteiger partial charge on any atom is 0.313 e. The van der Waals surface area contributed by atoms with Gasteiger partial charge in [0.2, 0.25) is 0 Å². The predicted octanol–water partition coefficient (Wildman–Crippen LogP) is 3.28. The van der Waals surface area contributed by atoms with E-state index in [0.717, 1.165) is 31.2 Å². The Balaban J connectivity index is 2.02. The molecule has 1 saturated heterocycles. The first-order chi connectivity index (χ1) is 7.81. The van der Waals surface area contributed by atoms with Crippen LogP contribution in [0.1, 0.15) is 44.1 Å². The van der Waals surface area contributed by atoms with Crippen molar-refractivity contribution in [2.75, 3.05) is 0 Å². The highest BCUT2D eigenvalue weighted by Crippen LogP contribution is 2.30. The largest absolute Gasteiger partial charge is 0.462 e. The SMILES string of the molecule is CCCC1CCC(c2ccccc2)C(=O)O1. The molecule has 0 aromatic heterocycles. The molecule has 0 aliphatic carbocycles. The zero-order valence-electron chi connectivity index (χ0n) is 9.69. The smallest absolute Gasteiger partial charge is 0.313 e. The van der Waals surface area contributed by atoms with Crippen molar-refractivity contribution in [3.8, 4) is 0 Å². The van der Waals surface area contributed by atoms with Crippen LogP contribution in [-0.2, 0) is 9.53 Å². The van der Waals surface area contributed by atoms with Crippen LogP contribution in [0, 0.1) is 0 Å². The van der Waals surface area contributed by atoms with Crippen LogP contribution >= 0.6 is 0 Å². The van der Waals surface area contributed by atoms with Crippen molar-refractivity contribution in [1.29, 1.82) is 0 Å². The lowest BCUT2D eigenvalue weighted by molar-refractivity contribution is -0.156. The topological polar surface area (TPSA) is 26.3 Å². The molecule has 1 aromatic carbocycles. The quantitative estimate of drug-likeness (QED) is 0.728. The lowest BCUT2D eigenvalue weighted by atomic mass is 9.90. The minimum atomic E-state index is -0.0469. The summed E-state index contributed by atoms with van der Waals surface area (Å²) in [7, 11) is 0. The van der Waals surface area contributed by atoms with Crippen molar-refractivity contribution in [3.05, 3.63) is 35.9 Å². The molecule has 16 heavy (non-hydrogen) atoms. The first-order valence-electron chi connectivity index (χ1n) is 6.06. The van der Waals surface area contributed by atoms with Gasteiger partial charge >= 0.3 is 5.97 Å². The van der Waals surface area contributed by atoms with E-state index in [1.165, 1.54) is 0 Å². The average molecular weight is 218 g/mol. The van der Waals surface area contributed by atoms with E-state index < -0.39 is 0 Å². The van der Waals surface area contributed by atoms with Crippen molar-refractivity contribution in [2.45, 2.75) is 44.6 Å². The normalized spacial score (nSPS) is 25.2. The van der Waals surface area contributed by atoms with Crippen molar-refractivity contribution < 1.29 is 9.53 Å². The molecule has 2 rings (SSSR count). The summed E-state index contributed by atoms with van der Waals surface area (Å²) in [6.45, 7) is 2.12. The van der Waals surface area contributed by atoms with E-state index in [2.05, 4.69) is 6.92 Å². The van der Waals surface area contributed by atoms with Crippen molar-refractivity contribution >= 4 is 5.97 Å². The van der Waals surface area contributed by atoms with E-state index >= 15 is 0 Å². The molecule has 86 valence electrons. The van der Waals surface area contributed by atoms with E-state index in [0.29, 0.717) is 0 Å². The summed E-state index contributed by atoms with van der Waals surface area (Å²) in [5, 5.41) is 0. The van der Waals surface area contributed by atoms with Crippen LogP contribution in [0.4, 0.5) is 0 Å². The Kier molecular flexibility index (Phi) is 3.60. The summed E-state index contributed by atoms with van der Waals surface area (Å²) in [4.78, 5) is 11.9. The first-order valence-corrected chi connectivity index (χ1v) is 6.06. The molecule has 2 unspecified atom stereocenters. The number of benzene rings is 1. The van der Waals surface area contributed by atoms with Gasteiger partial charge in [0.05, 0.1) is 5.92 Å². The third kappa shape index (κ3) is 2.43. The number of hydrogen-bond donors (Lipinski definition) is 0. The number of hydrogen-bond acceptors (Lipinski definition) is 2. The van der Waals surface area contributed by atoms with Crippen molar-refractivity contribution in [3.63, 3.8) is 0 Å². The number of rotatable bonds is 3. The lowest BCUT2D eigenvalue weighted by Crippen LogP contribution is -2.29. The van der Waals surface area contributed by atoms with Gasteiger partial charge in [-0.15, -0.1) is 0 Å². The van der Waals surface area contributed by atoms with E-state index in [-0.39, 0.29) is 18.0 Å². The molecule has 0 amide bonds. The molecule has 1 fully saturated rings. The number of carbonyl (C=O) groups is 1. The summed E-state index contributed by atoms with van der Waals surface area (Å²) in [5.41, 5.74) is 1.09. The van der Waals surface area contributed by atoms with Crippen LogP contribution in [0.2, 0.25) is 0 Å². The Bertz CT molecular complexity index is 345. The highest BCUT2D eigenvalue weighted by Gasteiger charge is 2.30. The van der Waals surface area contributed by atoms with Gasteiger partial charge in [-0.2, -0.15) is 0 Å². The number of cyclic esters (lactones) is 1. The molecule has 0 radical (unpaired) electrons. The molecule has 2 atom stereocenters. The molecular formula is C14H18O2. The van der Waals surface area contributed by atoms with Crippen LogP contribution in [0.5, 0.6) is 0 Å². The monoisotopic (exact) mass is 218 g/mol. The molecular weight excluding hydrogens is 200 g/mol. The zero-order chi connectivity index (χ0) is 11.4. The second-order valence-corrected chi connectivity index (χ2v) is 4.39. The fraction of sp³-hybridized carbons (Fsp3) is 0.500. The fourth-order valence-electron chi connectivity index (χ4n) is 2.29. The van der Waals surface area contributed by atoms with Gasteiger partial charge in [0, 0.05) is 0 Å². The molecule has 2 nitrogen and oxygen atoms in total. The van der Waals surface area contributed by atoms with Gasteiger partial charge in [-0.25, -0.2) is 0 Å². The summed E-state index contributed by atoms with van der Waals surface area (Å²) >= 11 is 0. The number of carbonyl (C=O) groups excluding carboxylic acids is 1. The molecule has 1 heterocycles. The highest BCUT2D eigenvalue weighted by atomic mass is 16.5. The summed E-state index contributed by atoms with van der Waals surface area (Å²) in [6, 6.07) is 9.93. The molecule has 1 aliphatic rings. The first kappa shape index (κ1) is 11.2. The maximum atomic E-state index is 11.9. The van der Waals surface area contributed by atoms with Crippen LogP contribution in [-0.4, -0.2) is 12.1 Å². The molecule has 0 spiro atoms. The Labute approximate surface area is 96.6 Å². The van der Waals surface area contributed by atoms with E-state index in [1.807, 2.05) is 30.3 Å². The third-order valence-electron chi connectivity index (χ3n) is 3.16. The Morgan fingerprint density at radius 3 is 2.62 bits per heavy atom. The van der Waals surface area contributed by atoms with Gasteiger partial charge in [-0.3, -0.25) is 4.79 Å². The molecule has 1 aliphatic heterocycles. The second kappa shape index (κ2) is 5.15. The van der Waals surface area contributed by atoms with Gasteiger partial charge in [0.1, 0.15) is 6.10 Å². The highest BCUT2D eigenvalue weighted by molar-refractivity contribution is 5.78. The van der Waals surface area contributed by atoms with Gasteiger partial charge in [-0.05, 0) is 24.8 Å². The fourth-order valence-corrected chi connectivity index (χ4v) is 2.29. The van der Waals surface area contributed by atoms with Crippen LogP contribution in [0.25, 0.3) is 0 Å². The molecule has 2 heteroatoms. The Morgan fingerprint density at radius 1 is 1.25 bits per heavy atom. The van der Waals surface area contributed by atoms with Gasteiger partial charge < -0.3 is 4.74 Å². The molecule has 1 aromatic rings. The summed E-state index contributed by atoms with van der Waals surface area (Å²) in [6.07, 6.45) is 4.14. The Hall–Kier alpha value is -1.31. The lowest BCUT2D eigenvalue weighted by Gasteiger charge is -2.28. The van der Waals surface area contributed by atoms with E-state index in [4.69, 9.17) is 4.74 Å². The maximum absolute atomic E-state index is 11.9. The molecule has 0 saturated carbocycles. The average Bonchev–Trinajstić information content (AvgIpc) is 2.31. The Morgan fingerprint density at radius 2 is 2.00 bits per heavy atom. The summed E-state index contributed by atoms with van der Waals surface area (Å²) in [5.74, 6) is -0.0924. The van der Waals surface area contributed by atoms with Gasteiger partial charge in [0.15, 0.2) is 0 Å². The second-order valence-electron chi connectivity index (χ2n) is 4.39. The number of ether oxygens (including phenoxy) is 1. The predicted molar refractivity (Wildman–Crippen MR) is 63.2 cm³/mol. The minimum absolute atomic E-state index is 0.0455. The van der Waals surface area contributed by atoms with Crippen molar-refractivity contribution in [1.82, 2.24) is 0 Å². The van der Waals surface area contributed by atoms with E-state index in [9.17, 15) is 4.79 Å². The van der Waals surface area contributed by atoms with Crippen molar-refractivity contribution in [2.24, 2.45) is 0 Å². The third-order valence-corrected chi connectivity index (χ3v) is 3.16. The van der Waals surface area contributed by atoms with Gasteiger partial charge in [-0.1, -0.05) is 43.7 Å². The van der Waals surface area contributed by atoms with E-state index in [1.54, 1.807) is 0 Å². The molecule has 0 bridgehead atoms.